The molecule has 1 aliphatic rings. The fourth-order valence-corrected chi connectivity index (χ4v) is 1.76. The molecule has 0 radical (unpaired) electrons. The molecule has 14 heavy (non-hydrogen) atoms. The second-order valence-corrected chi connectivity index (χ2v) is 4.09. The predicted octanol–water partition coefficient (Wildman–Crippen LogP) is 3.03. The van der Waals surface area contributed by atoms with Gasteiger partial charge in [0.25, 0.3) is 0 Å². The molecular formula is C9H15ClF3N. The third-order valence-corrected chi connectivity index (χ3v) is 2.82. The van der Waals surface area contributed by atoms with Crippen LogP contribution in [0.3, 0.4) is 0 Å². The van der Waals surface area contributed by atoms with E-state index in [1.54, 1.807) is 0 Å². The Bertz CT molecular complexity index is 168. The minimum Gasteiger partial charge on any atom is -0.292 e. The summed E-state index contributed by atoms with van der Waals surface area (Å²) >= 11 is 5.47. The molecule has 84 valence electrons. The number of hydrogen-bond acceptors (Lipinski definition) is 1. The molecule has 0 aromatic carbocycles. The van der Waals surface area contributed by atoms with E-state index in [1.165, 1.54) is 4.90 Å². The predicted molar refractivity (Wildman–Crippen MR) is 50.6 cm³/mol. The van der Waals surface area contributed by atoms with E-state index in [1.807, 2.05) is 0 Å². The third kappa shape index (κ3) is 4.05. The summed E-state index contributed by atoms with van der Waals surface area (Å²) in [6.07, 6.45) is -0.591. The van der Waals surface area contributed by atoms with Gasteiger partial charge in [-0.3, -0.25) is 4.90 Å². The summed E-state index contributed by atoms with van der Waals surface area (Å²) in [5.74, 6) is 0.432. The lowest BCUT2D eigenvalue weighted by atomic mass is 9.91. The molecule has 0 aromatic rings. The first kappa shape index (κ1) is 12.1. The molecule has 0 aromatic heterocycles. The zero-order valence-electron chi connectivity index (χ0n) is 7.99. The molecule has 0 saturated heterocycles. The summed E-state index contributed by atoms with van der Waals surface area (Å²) in [6.45, 7) is -0.317. The van der Waals surface area contributed by atoms with E-state index in [4.69, 9.17) is 11.6 Å². The van der Waals surface area contributed by atoms with Gasteiger partial charge in [0, 0.05) is 11.9 Å². The first-order chi connectivity index (χ1) is 6.53. The van der Waals surface area contributed by atoms with Crippen LogP contribution < -0.4 is 0 Å². The number of hydrogen-bond donors (Lipinski definition) is 0. The van der Waals surface area contributed by atoms with Crippen molar-refractivity contribution in [2.45, 2.75) is 37.9 Å². The molecule has 1 aliphatic carbocycles. The highest BCUT2D eigenvalue weighted by Crippen LogP contribution is 2.28. The van der Waals surface area contributed by atoms with Crippen LogP contribution in [0.5, 0.6) is 0 Å². The lowest BCUT2D eigenvalue weighted by Gasteiger charge is -2.37. The Morgan fingerprint density at radius 3 is 2.29 bits per heavy atom. The van der Waals surface area contributed by atoms with Crippen molar-refractivity contribution < 1.29 is 13.2 Å². The van der Waals surface area contributed by atoms with Gasteiger partial charge in [0.05, 0.1) is 6.54 Å². The highest BCUT2D eigenvalue weighted by Gasteiger charge is 2.35. The van der Waals surface area contributed by atoms with Crippen molar-refractivity contribution in [3.05, 3.63) is 0 Å². The Kier molecular flexibility index (Phi) is 4.51. The zero-order valence-corrected chi connectivity index (χ0v) is 8.74. The SMILES string of the molecule is FC(F)(F)CN(CCCCl)C1CCC1. The molecule has 5 heteroatoms. The largest absolute Gasteiger partial charge is 0.401 e. The van der Waals surface area contributed by atoms with Crippen LogP contribution in [0.1, 0.15) is 25.7 Å². The van der Waals surface area contributed by atoms with Crippen molar-refractivity contribution in [3.8, 4) is 0 Å². The minimum absolute atomic E-state index is 0.139. The molecular weight excluding hydrogens is 215 g/mol. The quantitative estimate of drug-likeness (QED) is 0.655. The van der Waals surface area contributed by atoms with Crippen molar-refractivity contribution in [2.24, 2.45) is 0 Å². The van der Waals surface area contributed by atoms with E-state index >= 15 is 0 Å². The van der Waals surface area contributed by atoms with Crippen molar-refractivity contribution in [1.29, 1.82) is 0 Å². The molecule has 0 bridgehead atoms. The van der Waals surface area contributed by atoms with E-state index in [0.29, 0.717) is 18.8 Å². The summed E-state index contributed by atoms with van der Waals surface area (Å²) < 4.78 is 36.5. The lowest BCUT2D eigenvalue weighted by molar-refractivity contribution is -0.154. The Labute approximate surface area is 87.2 Å². The van der Waals surface area contributed by atoms with Crippen LogP contribution in [-0.4, -0.2) is 36.1 Å². The topological polar surface area (TPSA) is 3.24 Å². The van der Waals surface area contributed by atoms with Crippen LogP contribution in [0.15, 0.2) is 0 Å². The molecule has 0 amide bonds. The summed E-state index contributed by atoms with van der Waals surface area (Å²) in [4.78, 5) is 1.52. The maximum atomic E-state index is 12.2. The number of alkyl halides is 4. The highest BCUT2D eigenvalue weighted by molar-refractivity contribution is 6.17. The maximum absolute atomic E-state index is 12.2. The molecule has 1 nitrogen and oxygen atoms in total. The fraction of sp³-hybridized carbons (Fsp3) is 1.00. The smallest absolute Gasteiger partial charge is 0.292 e. The summed E-state index contributed by atoms with van der Waals surface area (Å²) in [7, 11) is 0. The Balaban J connectivity index is 2.35. The summed E-state index contributed by atoms with van der Waals surface area (Å²) in [5, 5.41) is 0. The average Bonchev–Trinajstić information content (AvgIpc) is 1.93. The summed E-state index contributed by atoms with van der Waals surface area (Å²) in [5.41, 5.74) is 0. The maximum Gasteiger partial charge on any atom is 0.401 e. The first-order valence-corrected chi connectivity index (χ1v) is 5.43. The lowest BCUT2D eigenvalue weighted by Crippen LogP contribution is -2.45. The van der Waals surface area contributed by atoms with Gasteiger partial charge in [-0.1, -0.05) is 6.42 Å². The van der Waals surface area contributed by atoms with Crippen molar-refractivity contribution in [1.82, 2.24) is 4.90 Å². The first-order valence-electron chi connectivity index (χ1n) is 4.89. The summed E-state index contributed by atoms with van der Waals surface area (Å²) in [6, 6.07) is 0.139. The van der Waals surface area contributed by atoms with Gasteiger partial charge >= 0.3 is 6.18 Å². The molecule has 1 fully saturated rings. The number of rotatable bonds is 5. The van der Waals surface area contributed by atoms with Gasteiger partial charge in [-0.15, -0.1) is 11.6 Å². The highest BCUT2D eigenvalue weighted by atomic mass is 35.5. The molecule has 0 atom stereocenters. The van der Waals surface area contributed by atoms with Crippen LogP contribution in [0.4, 0.5) is 13.2 Å². The van der Waals surface area contributed by atoms with Crippen LogP contribution in [0.2, 0.25) is 0 Å². The van der Waals surface area contributed by atoms with Crippen LogP contribution in [-0.2, 0) is 0 Å². The van der Waals surface area contributed by atoms with Crippen LogP contribution in [0.25, 0.3) is 0 Å². The Hall–Kier alpha value is 0.0400. The monoisotopic (exact) mass is 229 g/mol. The minimum atomic E-state index is -4.08. The standard InChI is InChI=1S/C9H15ClF3N/c10-5-2-6-14(7-9(11,12)13)8-3-1-4-8/h8H,1-7H2. The molecule has 0 aliphatic heterocycles. The van der Waals surface area contributed by atoms with Crippen LogP contribution in [0, 0.1) is 0 Å². The molecule has 0 spiro atoms. The van der Waals surface area contributed by atoms with Crippen molar-refractivity contribution in [3.63, 3.8) is 0 Å². The normalized spacial score (nSPS) is 18.6. The van der Waals surface area contributed by atoms with Gasteiger partial charge in [0.15, 0.2) is 0 Å². The molecule has 0 N–H and O–H groups in total. The Morgan fingerprint density at radius 1 is 1.29 bits per heavy atom. The van der Waals surface area contributed by atoms with E-state index < -0.39 is 12.7 Å². The fourth-order valence-electron chi connectivity index (χ4n) is 1.64. The van der Waals surface area contributed by atoms with E-state index in [2.05, 4.69) is 0 Å². The third-order valence-electron chi connectivity index (χ3n) is 2.55. The van der Waals surface area contributed by atoms with Gasteiger partial charge in [0.1, 0.15) is 0 Å². The molecule has 0 unspecified atom stereocenters. The Morgan fingerprint density at radius 2 is 1.93 bits per heavy atom. The zero-order chi connectivity index (χ0) is 10.6. The van der Waals surface area contributed by atoms with Gasteiger partial charge in [0.2, 0.25) is 0 Å². The van der Waals surface area contributed by atoms with Crippen LogP contribution >= 0.6 is 11.6 Å². The van der Waals surface area contributed by atoms with Crippen molar-refractivity contribution in [2.75, 3.05) is 19.0 Å². The molecule has 0 heterocycles. The second-order valence-electron chi connectivity index (χ2n) is 3.71. The van der Waals surface area contributed by atoms with E-state index in [-0.39, 0.29) is 6.04 Å². The van der Waals surface area contributed by atoms with Gasteiger partial charge in [-0.2, -0.15) is 13.2 Å². The van der Waals surface area contributed by atoms with Gasteiger partial charge < -0.3 is 0 Å². The molecule has 1 saturated carbocycles. The second kappa shape index (κ2) is 5.21. The van der Waals surface area contributed by atoms with E-state index in [0.717, 1.165) is 19.3 Å². The average molecular weight is 230 g/mol. The van der Waals surface area contributed by atoms with Crippen molar-refractivity contribution >= 4 is 11.6 Å². The van der Waals surface area contributed by atoms with Gasteiger partial charge in [-0.25, -0.2) is 0 Å². The molecule has 1 rings (SSSR count). The number of nitrogens with zero attached hydrogens (tertiary/aromatic N) is 1. The van der Waals surface area contributed by atoms with Gasteiger partial charge in [-0.05, 0) is 25.8 Å². The number of halogens is 4. The van der Waals surface area contributed by atoms with E-state index in [9.17, 15) is 13.2 Å².